The first-order valence-corrected chi connectivity index (χ1v) is 7.68. The molecule has 104 valence electrons. The lowest BCUT2D eigenvalue weighted by Gasteiger charge is -2.08. The molecule has 4 nitrogen and oxygen atoms in total. The monoisotopic (exact) mass is 290 g/mol. The third-order valence-corrected chi connectivity index (χ3v) is 4.07. The molecule has 0 aliphatic rings. The molecule has 0 aromatic heterocycles. The van der Waals surface area contributed by atoms with E-state index in [1.165, 1.54) is 24.3 Å². The van der Waals surface area contributed by atoms with Crippen LogP contribution in [0.1, 0.15) is 27.0 Å². The van der Waals surface area contributed by atoms with Gasteiger partial charge in [0.15, 0.2) is 5.78 Å². The second-order valence-electron chi connectivity index (χ2n) is 4.74. The number of hydrogen-bond acceptors (Lipinski definition) is 2. The van der Waals surface area contributed by atoms with E-state index in [2.05, 4.69) is 0 Å². The largest absolute Gasteiger partial charge is 0.356 e. The molecule has 0 radical (unpaired) electrons. The molecule has 0 aliphatic carbocycles. The third-order valence-electron chi connectivity index (χ3n) is 3.10. The molecule has 2 rings (SSSR count). The number of rotatable bonds is 3. The van der Waals surface area contributed by atoms with Crippen LogP contribution in [-0.2, 0) is 4.57 Å². The van der Waals surface area contributed by atoms with Gasteiger partial charge in [-0.1, -0.05) is 29.8 Å². The quantitative estimate of drug-likeness (QED) is 0.672. The summed E-state index contributed by atoms with van der Waals surface area (Å²) in [5.74, 6) is -0.150. The van der Waals surface area contributed by atoms with Crippen LogP contribution in [-0.4, -0.2) is 15.6 Å². The van der Waals surface area contributed by atoms with Crippen molar-refractivity contribution in [3.63, 3.8) is 0 Å². The SMILES string of the molecule is Cc1ccc(C)c(C(=O)c2ccc(P(=O)(O)O)cc2)c1. The summed E-state index contributed by atoms with van der Waals surface area (Å²) in [5.41, 5.74) is 2.88. The zero-order valence-electron chi connectivity index (χ0n) is 11.2. The molecule has 0 fully saturated rings. The fraction of sp³-hybridized carbons (Fsp3) is 0.133. The highest BCUT2D eigenvalue weighted by Crippen LogP contribution is 2.33. The Morgan fingerprint density at radius 3 is 2.15 bits per heavy atom. The summed E-state index contributed by atoms with van der Waals surface area (Å²) in [5, 5.41) is -0.0879. The molecule has 2 aromatic rings. The van der Waals surface area contributed by atoms with Gasteiger partial charge >= 0.3 is 7.60 Å². The van der Waals surface area contributed by atoms with E-state index in [0.29, 0.717) is 11.1 Å². The number of carbonyl (C=O) groups excluding carboxylic acids is 1. The Balaban J connectivity index is 2.39. The Labute approximate surface area is 117 Å². The molecule has 0 saturated carbocycles. The molecule has 2 N–H and O–H groups in total. The van der Waals surface area contributed by atoms with Gasteiger partial charge in [0.25, 0.3) is 0 Å². The number of carbonyl (C=O) groups is 1. The van der Waals surface area contributed by atoms with E-state index >= 15 is 0 Å². The average molecular weight is 290 g/mol. The third kappa shape index (κ3) is 3.05. The predicted molar refractivity (Wildman–Crippen MR) is 77.5 cm³/mol. The van der Waals surface area contributed by atoms with Crippen LogP contribution in [0.5, 0.6) is 0 Å². The van der Waals surface area contributed by atoms with Crippen molar-refractivity contribution >= 4 is 18.7 Å². The van der Waals surface area contributed by atoms with Crippen LogP contribution in [0.3, 0.4) is 0 Å². The molecule has 0 heterocycles. The van der Waals surface area contributed by atoms with Crippen LogP contribution in [0.25, 0.3) is 0 Å². The van der Waals surface area contributed by atoms with E-state index < -0.39 is 7.60 Å². The van der Waals surface area contributed by atoms with Gasteiger partial charge < -0.3 is 9.79 Å². The van der Waals surface area contributed by atoms with Crippen molar-refractivity contribution in [1.82, 2.24) is 0 Å². The lowest BCUT2D eigenvalue weighted by atomic mass is 9.97. The Kier molecular flexibility index (Phi) is 3.91. The van der Waals surface area contributed by atoms with E-state index in [-0.39, 0.29) is 11.1 Å². The fourth-order valence-electron chi connectivity index (χ4n) is 1.94. The summed E-state index contributed by atoms with van der Waals surface area (Å²) in [4.78, 5) is 30.5. The molecule has 2 aromatic carbocycles. The van der Waals surface area contributed by atoms with Crippen LogP contribution in [0, 0.1) is 13.8 Å². The van der Waals surface area contributed by atoms with Gasteiger partial charge in [-0.2, -0.15) is 0 Å². The standard InChI is InChI=1S/C15H15O4P/c1-10-3-4-11(2)14(9-10)15(16)12-5-7-13(8-6-12)20(17,18)19/h3-9H,1-2H3,(H2,17,18,19). The molecule has 0 atom stereocenters. The van der Waals surface area contributed by atoms with Crippen molar-refractivity contribution in [3.05, 3.63) is 64.7 Å². The van der Waals surface area contributed by atoms with Crippen LogP contribution in [0.15, 0.2) is 42.5 Å². The highest BCUT2D eigenvalue weighted by atomic mass is 31.2. The summed E-state index contributed by atoms with van der Waals surface area (Å²) >= 11 is 0. The van der Waals surface area contributed by atoms with Gasteiger partial charge in [0.05, 0.1) is 5.30 Å². The lowest BCUT2D eigenvalue weighted by Crippen LogP contribution is -2.08. The Hall–Kier alpha value is -1.74. The van der Waals surface area contributed by atoms with Gasteiger partial charge in [0.1, 0.15) is 0 Å². The maximum atomic E-state index is 12.4. The van der Waals surface area contributed by atoms with E-state index in [4.69, 9.17) is 9.79 Å². The molecule has 0 amide bonds. The van der Waals surface area contributed by atoms with Gasteiger partial charge in [-0.25, -0.2) is 0 Å². The van der Waals surface area contributed by atoms with Gasteiger partial charge in [-0.05, 0) is 37.6 Å². The van der Waals surface area contributed by atoms with E-state index in [1.54, 1.807) is 0 Å². The van der Waals surface area contributed by atoms with Crippen molar-refractivity contribution in [1.29, 1.82) is 0 Å². The van der Waals surface area contributed by atoms with Gasteiger partial charge in [0.2, 0.25) is 0 Å². The first-order valence-electron chi connectivity index (χ1n) is 6.07. The highest BCUT2D eigenvalue weighted by molar-refractivity contribution is 7.60. The van der Waals surface area contributed by atoms with Crippen molar-refractivity contribution in [3.8, 4) is 0 Å². The van der Waals surface area contributed by atoms with Gasteiger partial charge in [-0.15, -0.1) is 0 Å². The number of ketones is 1. The van der Waals surface area contributed by atoms with E-state index in [0.717, 1.165) is 11.1 Å². The summed E-state index contributed by atoms with van der Waals surface area (Å²) < 4.78 is 11.1. The summed E-state index contributed by atoms with van der Waals surface area (Å²) in [7, 11) is -4.27. The number of aryl methyl sites for hydroxylation is 2. The molecule has 5 heteroatoms. The Morgan fingerprint density at radius 2 is 1.60 bits per heavy atom. The smallest absolute Gasteiger partial charge is 0.321 e. The van der Waals surface area contributed by atoms with Crippen LogP contribution < -0.4 is 5.30 Å². The lowest BCUT2D eigenvalue weighted by molar-refractivity contribution is 0.103. The minimum atomic E-state index is -4.27. The summed E-state index contributed by atoms with van der Waals surface area (Å²) in [6.45, 7) is 3.77. The van der Waals surface area contributed by atoms with Crippen molar-refractivity contribution < 1.29 is 19.1 Å². The van der Waals surface area contributed by atoms with Crippen molar-refractivity contribution in [2.24, 2.45) is 0 Å². The summed E-state index contributed by atoms with van der Waals surface area (Å²) in [6, 6.07) is 11.1. The minimum Gasteiger partial charge on any atom is -0.321 e. The Bertz CT molecular complexity index is 698. The zero-order valence-corrected chi connectivity index (χ0v) is 12.1. The Morgan fingerprint density at radius 1 is 1.00 bits per heavy atom. The maximum absolute atomic E-state index is 12.4. The van der Waals surface area contributed by atoms with E-state index in [1.807, 2.05) is 32.0 Å². The number of hydrogen-bond donors (Lipinski definition) is 2. The number of benzene rings is 2. The zero-order chi connectivity index (χ0) is 14.9. The second-order valence-corrected chi connectivity index (χ2v) is 6.34. The van der Waals surface area contributed by atoms with Gasteiger partial charge in [-0.3, -0.25) is 9.36 Å². The molecule has 0 aliphatic heterocycles. The maximum Gasteiger partial charge on any atom is 0.356 e. The molecule has 0 unspecified atom stereocenters. The van der Waals surface area contributed by atoms with Crippen molar-refractivity contribution in [2.45, 2.75) is 13.8 Å². The second kappa shape index (κ2) is 5.33. The molecule has 0 saturated heterocycles. The minimum absolute atomic E-state index is 0.0879. The van der Waals surface area contributed by atoms with Crippen LogP contribution >= 0.6 is 7.60 Å². The van der Waals surface area contributed by atoms with Crippen LogP contribution in [0.2, 0.25) is 0 Å². The molecule has 20 heavy (non-hydrogen) atoms. The average Bonchev–Trinajstić information content (AvgIpc) is 2.40. The van der Waals surface area contributed by atoms with Crippen LogP contribution in [0.4, 0.5) is 0 Å². The first-order chi connectivity index (χ1) is 9.29. The first kappa shape index (κ1) is 14.7. The highest BCUT2D eigenvalue weighted by Gasteiger charge is 2.18. The molecule has 0 spiro atoms. The molecule has 0 bridgehead atoms. The predicted octanol–water partition coefficient (Wildman–Crippen LogP) is 2.34. The normalized spacial score (nSPS) is 11.4. The summed E-state index contributed by atoms with van der Waals surface area (Å²) in [6.07, 6.45) is 0. The molecular formula is C15H15O4P. The molecular weight excluding hydrogens is 275 g/mol. The fourth-order valence-corrected chi connectivity index (χ4v) is 2.48. The topological polar surface area (TPSA) is 74.6 Å². The van der Waals surface area contributed by atoms with E-state index in [9.17, 15) is 9.36 Å². The van der Waals surface area contributed by atoms with Crippen molar-refractivity contribution in [2.75, 3.05) is 0 Å². The van der Waals surface area contributed by atoms with Gasteiger partial charge in [0, 0.05) is 11.1 Å².